The van der Waals surface area contributed by atoms with Gasteiger partial charge < -0.3 is 4.90 Å². The molecule has 4 rings (SSSR count). The van der Waals surface area contributed by atoms with Crippen LogP contribution >= 0.6 is 0 Å². The number of carbonyl (C=O) groups is 1. The summed E-state index contributed by atoms with van der Waals surface area (Å²) in [5, 5.41) is 0. The van der Waals surface area contributed by atoms with Gasteiger partial charge in [0.2, 0.25) is 15.9 Å². The van der Waals surface area contributed by atoms with Crippen molar-refractivity contribution in [1.29, 1.82) is 0 Å². The Bertz CT molecular complexity index is 954. The predicted molar refractivity (Wildman–Crippen MR) is 105 cm³/mol. The SMILES string of the molecule is Cc1ccc(S(=O)(=O)N2CCC[C@@H]2C(=O)N2CCCc3ccccc32)cc1. The van der Waals surface area contributed by atoms with Crippen LogP contribution in [0.3, 0.4) is 0 Å². The number of anilines is 1. The molecule has 1 amide bonds. The van der Waals surface area contributed by atoms with Crippen molar-refractivity contribution in [3.05, 3.63) is 59.7 Å². The van der Waals surface area contributed by atoms with Crippen molar-refractivity contribution < 1.29 is 13.2 Å². The number of aryl methyl sites for hydroxylation is 2. The van der Waals surface area contributed by atoms with E-state index < -0.39 is 16.1 Å². The molecule has 2 heterocycles. The number of carbonyl (C=O) groups excluding carboxylic acids is 1. The highest BCUT2D eigenvalue weighted by Gasteiger charge is 2.42. The Labute approximate surface area is 160 Å². The maximum atomic E-state index is 13.3. The van der Waals surface area contributed by atoms with Crippen LogP contribution in [0.4, 0.5) is 5.69 Å². The van der Waals surface area contributed by atoms with E-state index in [0.29, 0.717) is 25.9 Å². The molecule has 0 spiro atoms. The van der Waals surface area contributed by atoms with Gasteiger partial charge in [0.05, 0.1) is 4.90 Å². The van der Waals surface area contributed by atoms with Crippen LogP contribution in [-0.4, -0.2) is 37.8 Å². The average molecular weight is 385 g/mol. The molecule has 0 radical (unpaired) electrons. The van der Waals surface area contributed by atoms with Crippen LogP contribution in [0.25, 0.3) is 0 Å². The smallest absolute Gasteiger partial charge is 0.245 e. The number of fused-ring (bicyclic) bond motifs is 1. The number of benzene rings is 2. The van der Waals surface area contributed by atoms with E-state index in [1.165, 1.54) is 4.31 Å². The minimum absolute atomic E-state index is 0.102. The first-order chi connectivity index (χ1) is 13.0. The van der Waals surface area contributed by atoms with Gasteiger partial charge in [-0.3, -0.25) is 4.79 Å². The summed E-state index contributed by atoms with van der Waals surface area (Å²) >= 11 is 0. The van der Waals surface area contributed by atoms with E-state index in [0.717, 1.165) is 29.7 Å². The van der Waals surface area contributed by atoms with E-state index >= 15 is 0 Å². The highest BCUT2D eigenvalue weighted by atomic mass is 32.2. The lowest BCUT2D eigenvalue weighted by molar-refractivity contribution is -0.121. The van der Waals surface area contributed by atoms with E-state index in [4.69, 9.17) is 0 Å². The van der Waals surface area contributed by atoms with Gasteiger partial charge in [0, 0.05) is 18.8 Å². The van der Waals surface area contributed by atoms with Crippen molar-refractivity contribution >= 4 is 21.6 Å². The highest BCUT2D eigenvalue weighted by molar-refractivity contribution is 7.89. The average Bonchev–Trinajstić information content (AvgIpc) is 3.18. The fraction of sp³-hybridized carbons (Fsp3) is 0.381. The van der Waals surface area contributed by atoms with Gasteiger partial charge in [0.15, 0.2) is 0 Å². The molecular weight excluding hydrogens is 360 g/mol. The van der Waals surface area contributed by atoms with Crippen molar-refractivity contribution in [2.75, 3.05) is 18.0 Å². The van der Waals surface area contributed by atoms with Gasteiger partial charge in [-0.2, -0.15) is 4.31 Å². The monoisotopic (exact) mass is 384 g/mol. The van der Waals surface area contributed by atoms with Gasteiger partial charge in [0.25, 0.3) is 0 Å². The molecule has 2 aromatic carbocycles. The molecular formula is C21H24N2O3S. The molecule has 0 saturated carbocycles. The van der Waals surface area contributed by atoms with Gasteiger partial charge in [-0.05, 0) is 56.4 Å². The van der Waals surface area contributed by atoms with Gasteiger partial charge in [-0.15, -0.1) is 0 Å². The van der Waals surface area contributed by atoms with Crippen LogP contribution in [0.5, 0.6) is 0 Å². The highest BCUT2D eigenvalue weighted by Crippen LogP contribution is 2.32. The van der Waals surface area contributed by atoms with Crippen molar-refractivity contribution in [2.24, 2.45) is 0 Å². The maximum absolute atomic E-state index is 13.3. The molecule has 2 aliphatic heterocycles. The largest absolute Gasteiger partial charge is 0.311 e. The Morgan fingerprint density at radius 2 is 1.74 bits per heavy atom. The predicted octanol–water partition coefficient (Wildman–Crippen LogP) is 3.13. The van der Waals surface area contributed by atoms with E-state index in [-0.39, 0.29) is 10.8 Å². The number of nitrogens with zero attached hydrogens (tertiary/aromatic N) is 2. The second kappa shape index (κ2) is 7.09. The third kappa shape index (κ3) is 3.28. The van der Waals surface area contributed by atoms with Gasteiger partial charge in [-0.25, -0.2) is 8.42 Å². The lowest BCUT2D eigenvalue weighted by Gasteiger charge is -2.33. The van der Waals surface area contributed by atoms with E-state index in [2.05, 4.69) is 0 Å². The number of rotatable bonds is 3. The van der Waals surface area contributed by atoms with Crippen LogP contribution in [0, 0.1) is 6.92 Å². The molecule has 142 valence electrons. The molecule has 0 unspecified atom stereocenters. The topological polar surface area (TPSA) is 57.7 Å². The Morgan fingerprint density at radius 1 is 1.00 bits per heavy atom. The van der Waals surface area contributed by atoms with Gasteiger partial charge in [0.1, 0.15) is 6.04 Å². The number of sulfonamides is 1. The van der Waals surface area contributed by atoms with E-state index in [9.17, 15) is 13.2 Å². The molecule has 1 saturated heterocycles. The number of amides is 1. The first-order valence-corrected chi connectivity index (χ1v) is 10.9. The van der Waals surface area contributed by atoms with E-state index in [1.54, 1.807) is 29.2 Å². The molecule has 27 heavy (non-hydrogen) atoms. The number of para-hydroxylation sites is 1. The summed E-state index contributed by atoms with van der Waals surface area (Å²) in [7, 11) is -3.68. The zero-order valence-corrected chi connectivity index (χ0v) is 16.3. The summed E-state index contributed by atoms with van der Waals surface area (Å²) in [4.78, 5) is 15.4. The third-order valence-corrected chi connectivity index (χ3v) is 7.41. The summed E-state index contributed by atoms with van der Waals surface area (Å²) in [5.74, 6) is -0.102. The summed E-state index contributed by atoms with van der Waals surface area (Å²) in [5.41, 5.74) is 3.09. The van der Waals surface area contributed by atoms with Crippen molar-refractivity contribution in [1.82, 2.24) is 4.31 Å². The molecule has 0 aliphatic carbocycles. The van der Waals surface area contributed by atoms with Gasteiger partial charge >= 0.3 is 0 Å². The fourth-order valence-electron chi connectivity index (χ4n) is 4.06. The van der Waals surface area contributed by atoms with Gasteiger partial charge in [-0.1, -0.05) is 35.9 Å². The van der Waals surface area contributed by atoms with Crippen molar-refractivity contribution in [3.63, 3.8) is 0 Å². The lowest BCUT2D eigenvalue weighted by Crippen LogP contribution is -2.49. The zero-order valence-electron chi connectivity index (χ0n) is 15.5. The second-order valence-corrected chi connectivity index (χ2v) is 9.20. The number of hydrogen-bond donors (Lipinski definition) is 0. The normalized spacial score (nSPS) is 20.5. The Kier molecular flexibility index (Phi) is 4.78. The molecule has 1 atom stereocenters. The van der Waals surface area contributed by atoms with Crippen LogP contribution in [0.2, 0.25) is 0 Å². The fourth-order valence-corrected chi connectivity index (χ4v) is 5.71. The zero-order chi connectivity index (χ0) is 19.0. The van der Waals surface area contributed by atoms with Crippen LogP contribution in [0.1, 0.15) is 30.4 Å². The Balaban J connectivity index is 1.64. The van der Waals surface area contributed by atoms with Crippen molar-refractivity contribution in [3.8, 4) is 0 Å². The quantitative estimate of drug-likeness (QED) is 0.817. The standard InChI is InChI=1S/C21H24N2O3S/c1-16-10-12-18(13-11-16)27(25,26)23-15-5-9-20(23)21(24)22-14-4-7-17-6-2-3-8-19(17)22/h2-3,6,8,10-13,20H,4-5,7,9,14-15H2,1H3/t20-/m1/s1. The molecule has 1 fully saturated rings. The number of hydrogen-bond acceptors (Lipinski definition) is 3. The third-order valence-electron chi connectivity index (χ3n) is 5.49. The summed E-state index contributed by atoms with van der Waals surface area (Å²) < 4.78 is 27.7. The lowest BCUT2D eigenvalue weighted by atomic mass is 10.0. The Hall–Kier alpha value is -2.18. The molecule has 0 N–H and O–H groups in total. The first kappa shape index (κ1) is 18.2. The minimum atomic E-state index is -3.68. The molecule has 0 aromatic heterocycles. The maximum Gasteiger partial charge on any atom is 0.245 e. The summed E-state index contributed by atoms with van der Waals surface area (Å²) in [6, 6.07) is 14.1. The van der Waals surface area contributed by atoms with Crippen molar-refractivity contribution in [2.45, 2.75) is 43.5 Å². The Morgan fingerprint density at radius 3 is 2.52 bits per heavy atom. The molecule has 5 nitrogen and oxygen atoms in total. The molecule has 0 bridgehead atoms. The first-order valence-electron chi connectivity index (χ1n) is 9.46. The molecule has 2 aliphatic rings. The summed E-state index contributed by atoms with van der Waals surface area (Å²) in [6.07, 6.45) is 3.13. The van der Waals surface area contributed by atoms with Crippen LogP contribution in [-0.2, 0) is 21.2 Å². The minimum Gasteiger partial charge on any atom is -0.311 e. The van der Waals surface area contributed by atoms with Crippen LogP contribution in [0.15, 0.2) is 53.4 Å². The summed E-state index contributed by atoms with van der Waals surface area (Å²) in [6.45, 7) is 2.96. The second-order valence-electron chi connectivity index (χ2n) is 7.31. The van der Waals surface area contributed by atoms with E-state index in [1.807, 2.05) is 31.2 Å². The molecule has 6 heteroatoms. The van der Waals surface area contributed by atoms with Crippen LogP contribution < -0.4 is 4.90 Å². The molecule has 2 aromatic rings.